The third-order valence-corrected chi connectivity index (χ3v) is 2.60. The van der Waals surface area contributed by atoms with E-state index in [1.54, 1.807) is 6.20 Å². The molecule has 0 unspecified atom stereocenters. The lowest BCUT2D eigenvalue weighted by molar-refractivity contribution is 0.122. The van der Waals surface area contributed by atoms with Crippen molar-refractivity contribution in [3.63, 3.8) is 0 Å². The monoisotopic (exact) mass is 208 g/mol. The van der Waals surface area contributed by atoms with Gasteiger partial charge in [-0.25, -0.2) is 4.98 Å². The van der Waals surface area contributed by atoms with Crippen LogP contribution in [-0.4, -0.2) is 36.4 Å². The summed E-state index contributed by atoms with van der Waals surface area (Å²) >= 11 is 0. The van der Waals surface area contributed by atoms with E-state index in [4.69, 9.17) is 9.84 Å². The van der Waals surface area contributed by atoms with Gasteiger partial charge in [0, 0.05) is 19.3 Å². The first-order valence-corrected chi connectivity index (χ1v) is 5.20. The number of nitrogens with zero attached hydrogens (tertiary/aromatic N) is 2. The molecule has 1 saturated heterocycles. The van der Waals surface area contributed by atoms with Gasteiger partial charge in [-0.2, -0.15) is 0 Å². The molecule has 0 aliphatic carbocycles. The van der Waals surface area contributed by atoms with Crippen LogP contribution in [0.2, 0.25) is 0 Å². The Kier molecular flexibility index (Phi) is 3.18. The molecule has 0 spiro atoms. The molecule has 0 atom stereocenters. The predicted octanol–water partition coefficient (Wildman–Crippen LogP) is 0.719. The van der Waals surface area contributed by atoms with E-state index in [1.807, 2.05) is 13.0 Å². The standard InChI is InChI=1S/C11H16N2O2/c1-9-6-10(8-14)7-12-11(9)13-2-4-15-5-3-13/h6-7,14H,2-5,8H2,1H3. The molecule has 2 rings (SSSR count). The number of pyridine rings is 1. The highest BCUT2D eigenvalue weighted by atomic mass is 16.5. The number of aromatic nitrogens is 1. The first-order valence-electron chi connectivity index (χ1n) is 5.20. The topological polar surface area (TPSA) is 45.6 Å². The van der Waals surface area contributed by atoms with Crippen LogP contribution in [0.4, 0.5) is 5.82 Å². The van der Waals surface area contributed by atoms with Crippen molar-refractivity contribution in [2.75, 3.05) is 31.2 Å². The van der Waals surface area contributed by atoms with Crippen LogP contribution in [-0.2, 0) is 11.3 Å². The van der Waals surface area contributed by atoms with Gasteiger partial charge in [0.25, 0.3) is 0 Å². The van der Waals surface area contributed by atoms with Gasteiger partial charge in [-0.1, -0.05) is 0 Å². The first kappa shape index (κ1) is 10.4. The van der Waals surface area contributed by atoms with Crippen LogP contribution >= 0.6 is 0 Å². The zero-order valence-electron chi connectivity index (χ0n) is 8.94. The highest BCUT2D eigenvalue weighted by molar-refractivity contribution is 5.47. The van der Waals surface area contributed by atoms with Crippen molar-refractivity contribution in [2.24, 2.45) is 0 Å². The molecule has 0 aromatic carbocycles. The molecule has 1 aromatic rings. The van der Waals surface area contributed by atoms with Gasteiger partial charge < -0.3 is 14.7 Å². The summed E-state index contributed by atoms with van der Waals surface area (Å²) in [5.41, 5.74) is 1.98. The molecule has 1 N–H and O–H groups in total. The molecule has 0 radical (unpaired) electrons. The van der Waals surface area contributed by atoms with Gasteiger partial charge in [0.05, 0.1) is 19.8 Å². The largest absolute Gasteiger partial charge is 0.392 e. The highest BCUT2D eigenvalue weighted by Crippen LogP contribution is 2.18. The minimum Gasteiger partial charge on any atom is -0.392 e. The van der Waals surface area contributed by atoms with Crippen LogP contribution in [0, 0.1) is 6.92 Å². The van der Waals surface area contributed by atoms with Crippen molar-refractivity contribution in [1.29, 1.82) is 0 Å². The lowest BCUT2D eigenvalue weighted by atomic mass is 10.2. The Hall–Kier alpha value is -1.13. The Balaban J connectivity index is 2.19. The number of ether oxygens (including phenoxy) is 1. The number of hydrogen-bond donors (Lipinski definition) is 1. The number of hydrogen-bond acceptors (Lipinski definition) is 4. The van der Waals surface area contributed by atoms with E-state index in [1.165, 1.54) is 0 Å². The molecule has 1 aliphatic rings. The third-order valence-electron chi connectivity index (χ3n) is 2.60. The Morgan fingerprint density at radius 2 is 2.20 bits per heavy atom. The number of aliphatic hydroxyl groups is 1. The molecule has 0 amide bonds. The van der Waals surface area contributed by atoms with Gasteiger partial charge in [-0.3, -0.25) is 0 Å². The summed E-state index contributed by atoms with van der Waals surface area (Å²) in [7, 11) is 0. The molecule has 15 heavy (non-hydrogen) atoms. The molecule has 1 fully saturated rings. The maximum absolute atomic E-state index is 8.99. The Morgan fingerprint density at radius 1 is 1.47 bits per heavy atom. The van der Waals surface area contributed by atoms with Crippen molar-refractivity contribution >= 4 is 5.82 Å². The van der Waals surface area contributed by atoms with E-state index in [0.29, 0.717) is 0 Å². The Bertz CT molecular complexity index is 335. The second-order valence-corrected chi connectivity index (χ2v) is 3.74. The maximum Gasteiger partial charge on any atom is 0.131 e. The van der Waals surface area contributed by atoms with Gasteiger partial charge in [-0.05, 0) is 24.1 Å². The summed E-state index contributed by atoms with van der Waals surface area (Å²) < 4.78 is 5.30. The molecular formula is C11H16N2O2. The highest BCUT2D eigenvalue weighted by Gasteiger charge is 2.14. The van der Waals surface area contributed by atoms with Crippen LogP contribution in [0.5, 0.6) is 0 Å². The molecule has 4 heteroatoms. The number of morpholine rings is 1. The lowest BCUT2D eigenvalue weighted by Crippen LogP contribution is -2.37. The summed E-state index contributed by atoms with van der Waals surface area (Å²) in [5.74, 6) is 1.01. The van der Waals surface area contributed by atoms with Crippen LogP contribution in [0.25, 0.3) is 0 Å². The minimum absolute atomic E-state index is 0.0528. The SMILES string of the molecule is Cc1cc(CO)cnc1N1CCOCC1. The summed E-state index contributed by atoms with van der Waals surface area (Å²) in [6.45, 7) is 5.40. The van der Waals surface area contributed by atoms with Gasteiger partial charge in [0.1, 0.15) is 5.82 Å². The van der Waals surface area contributed by atoms with Gasteiger partial charge in [0.15, 0.2) is 0 Å². The smallest absolute Gasteiger partial charge is 0.131 e. The van der Waals surface area contributed by atoms with Gasteiger partial charge in [-0.15, -0.1) is 0 Å². The van der Waals surface area contributed by atoms with Crippen LogP contribution in [0.15, 0.2) is 12.3 Å². The first-order chi connectivity index (χ1) is 7.31. The van der Waals surface area contributed by atoms with Gasteiger partial charge >= 0.3 is 0 Å². The fourth-order valence-corrected chi connectivity index (χ4v) is 1.82. The number of anilines is 1. The fraction of sp³-hybridized carbons (Fsp3) is 0.545. The number of aliphatic hydroxyl groups excluding tert-OH is 1. The molecular weight excluding hydrogens is 192 g/mol. The fourth-order valence-electron chi connectivity index (χ4n) is 1.82. The molecule has 0 bridgehead atoms. The molecule has 4 nitrogen and oxygen atoms in total. The number of rotatable bonds is 2. The lowest BCUT2D eigenvalue weighted by Gasteiger charge is -2.29. The van der Waals surface area contributed by atoms with Crippen molar-refractivity contribution in [3.05, 3.63) is 23.4 Å². The summed E-state index contributed by atoms with van der Waals surface area (Å²) in [6.07, 6.45) is 1.73. The summed E-state index contributed by atoms with van der Waals surface area (Å²) in [6, 6.07) is 1.98. The Morgan fingerprint density at radius 3 is 2.80 bits per heavy atom. The molecule has 0 saturated carbocycles. The van der Waals surface area contributed by atoms with E-state index in [9.17, 15) is 0 Å². The summed E-state index contributed by atoms with van der Waals surface area (Å²) in [5, 5.41) is 8.99. The Labute approximate surface area is 89.5 Å². The van der Waals surface area contributed by atoms with E-state index in [0.717, 1.165) is 43.2 Å². The van der Waals surface area contributed by atoms with Crippen molar-refractivity contribution in [1.82, 2.24) is 4.98 Å². The van der Waals surface area contributed by atoms with E-state index < -0.39 is 0 Å². The minimum atomic E-state index is 0.0528. The third kappa shape index (κ3) is 2.27. The van der Waals surface area contributed by atoms with E-state index in [2.05, 4.69) is 9.88 Å². The molecule has 1 aromatic heterocycles. The zero-order valence-corrected chi connectivity index (χ0v) is 8.94. The van der Waals surface area contributed by atoms with E-state index in [-0.39, 0.29) is 6.61 Å². The van der Waals surface area contributed by atoms with Crippen molar-refractivity contribution in [3.8, 4) is 0 Å². The maximum atomic E-state index is 8.99. The second kappa shape index (κ2) is 4.59. The van der Waals surface area contributed by atoms with Gasteiger partial charge in [0.2, 0.25) is 0 Å². The molecule has 1 aliphatic heterocycles. The second-order valence-electron chi connectivity index (χ2n) is 3.74. The summed E-state index contributed by atoms with van der Waals surface area (Å²) in [4.78, 5) is 6.61. The zero-order chi connectivity index (χ0) is 10.7. The predicted molar refractivity (Wildman–Crippen MR) is 57.9 cm³/mol. The van der Waals surface area contributed by atoms with Crippen LogP contribution in [0.1, 0.15) is 11.1 Å². The average molecular weight is 208 g/mol. The van der Waals surface area contributed by atoms with Crippen LogP contribution < -0.4 is 4.90 Å². The number of aryl methyl sites for hydroxylation is 1. The quantitative estimate of drug-likeness (QED) is 0.778. The molecule has 82 valence electrons. The average Bonchev–Trinajstić information content (AvgIpc) is 2.30. The van der Waals surface area contributed by atoms with E-state index >= 15 is 0 Å². The molecule has 2 heterocycles. The normalized spacial score (nSPS) is 16.8. The van der Waals surface area contributed by atoms with Crippen molar-refractivity contribution < 1.29 is 9.84 Å². The van der Waals surface area contributed by atoms with Crippen molar-refractivity contribution in [2.45, 2.75) is 13.5 Å². The van der Waals surface area contributed by atoms with Crippen LogP contribution in [0.3, 0.4) is 0 Å².